The zero-order valence-electron chi connectivity index (χ0n) is 7.84. The third-order valence-electron chi connectivity index (χ3n) is 2.04. The fraction of sp³-hybridized carbons (Fsp3) is 0.857. The fourth-order valence-corrected chi connectivity index (χ4v) is 5.43. The summed E-state index contributed by atoms with van der Waals surface area (Å²) in [4.78, 5) is 0. The summed E-state index contributed by atoms with van der Waals surface area (Å²) in [6.45, 7) is 1.25. The lowest BCUT2D eigenvalue weighted by Gasteiger charge is -2.02. The summed E-state index contributed by atoms with van der Waals surface area (Å²) in [5, 5.41) is 7.24. The van der Waals surface area contributed by atoms with E-state index in [0.717, 1.165) is 12.8 Å². The minimum absolute atomic E-state index is 0.338. The maximum atomic E-state index is 11.8. The van der Waals surface area contributed by atoms with Crippen molar-refractivity contribution in [2.24, 2.45) is 3.77 Å². The highest BCUT2D eigenvalue weighted by atomic mass is 32.3. The molecule has 1 fully saturated rings. The molecule has 1 atom stereocenters. The Kier molecular flexibility index (Phi) is 3.17. The molecule has 14 heavy (non-hydrogen) atoms. The lowest BCUT2D eigenvalue weighted by Crippen LogP contribution is -2.16. The van der Waals surface area contributed by atoms with Gasteiger partial charge in [0.1, 0.15) is 0 Å². The van der Waals surface area contributed by atoms with Crippen LogP contribution in [0.3, 0.4) is 0 Å². The molecule has 7 heteroatoms. The van der Waals surface area contributed by atoms with E-state index in [-0.39, 0.29) is 0 Å². The van der Waals surface area contributed by atoms with Crippen molar-refractivity contribution >= 4 is 19.8 Å². The molecule has 80 valence electrons. The molecule has 5 nitrogen and oxygen atoms in total. The molecule has 0 N–H and O–H groups in total. The quantitative estimate of drug-likeness (QED) is 0.698. The Labute approximate surface area is 84.4 Å². The first kappa shape index (κ1) is 11.5. The summed E-state index contributed by atoms with van der Waals surface area (Å²) in [7, 11) is -6.44. The van der Waals surface area contributed by atoms with Gasteiger partial charge >= 0.3 is 0 Å². The van der Waals surface area contributed by atoms with Crippen LogP contribution in [0.1, 0.15) is 19.8 Å². The lowest BCUT2D eigenvalue weighted by molar-refractivity contribution is 0.594. The van der Waals surface area contributed by atoms with E-state index >= 15 is 0 Å². The first-order valence-electron chi connectivity index (χ1n) is 4.27. The molecule has 1 heterocycles. The highest BCUT2D eigenvalue weighted by molar-refractivity contribution is 8.03. The van der Waals surface area contributed by atoms with Gasteiger partial charge < -0.3 is 0 Å². The van der Waals surface area contributed by atoms with Crippen molar-refractivity contribution in [1.29, 1.82) is 5.26 Å². The summed E-state index contributed by atoms with van der Waals surface area (Å²) in [5.41, 5.74) is 0. The predicted molar refractivity (Wildman–Crippen MR) is 53.5 cm³/mol. The maximum Gasteiger partial charge on any atom is 0.276 e. The second kappa shape index (κ2) is 3.87. The maximum absolute atomic E-state index is 11.8. The molecule has 0 aliphatic carbocycles. The van der Waals surface area contributed by atoms with Crippen LogP contribution < -0.4 is 0 Å². The first-order chi connectivity index (χ1) is 6.40. The van der Waals surface area contributed by atoms with E-state index in [0.29, 0.717) is 11.5 Å². The molecule has 0 spiro atoms. The van der Waals surface area contributed by atoms with Crippen molar-refractivity contribution in [3.8, 4) is 6.07 Å². The third-order valence-corrected chi connectivity index (χ3v) is 6.81. The highest BCUT2D eigenvalue weighted by Crippen LogP contribution is 2.16. The molecule has 0 aromatic rings. The Bertz CT molecular complexity index is 454. The largest absolute Gasteiger partial charge is 0.276 e. The average molecular weight is 236 g/mol. The van der Waals surface area contributed by atoms with Gasteiger partial charge in [-0.3, -0.25) is 0 Å². The van der Waals surface area contributed by atoms with Crippen molar-refractivity contribution < 1.29 is 12.6 Å². The minimum Gasteiger partial charge on any atom is -0.249 e. The second-order valence-electron chi connectivity index (χ2n) is 3.25. The molecule has 0 aromatic carbocycles. The SMILES string of the molecule is CC(C#N)S(=O)(=O)N=S1(=O)CCCC1. The van der Waals surface area contributed by atoms with Crippen LogP contribution in [0.2, 0.25) is 0 Å². The van der Waals surface area contributed by atoms with Gasteiger partial charge in [-0.05, 0) is 19.8 Å². The summed E-state index contributed by atoms with van der Waals surface area (Å²) in [6, 6.07) is 1.59. The number of nitrogens with zero attached hydrogens (tertiary/aromatic N) is 2. The van der Waals surface area contributed by atoms with E-state index in [1.54, 1.807) is 6.07 Å². The van der Waals surface area contributed by atoms with Crippen molar-refractivity contribution in [2.45, 2.75) is 25.0 Å². The summed E-state index contributed by atoms with van der Waals surface area (Å²) in [6.07, 6.45) is 1.50. The van der Waals surface area contributed by atoms with Crippen LogP contribution in [-0.4, -0.2) is 29.4 Å². The lowest BCUT2D eigenvalue weighted by atomic mass is 10.4. The standard InChI is InChI=1S/C7H12N2O3S2/c1-7(6-8)14(11,12)9-13(10)4-2-3-5-13/h7H,2-5H2,1H3. The summed E-state index contributed by atoms with van der Waals surface area (Å²) in [5.74, 6) is 0.675. The van der Waals surface area contributed by atoms with Crippen LogP contribution in [0, 0.1) is 11.3 Å². The molecule has 0 radical (unpaired) electrons. The Morgan fingerprint density at radius 1 is 1.43 bits per heavy atom. The van der Waals surface area contributed by atoms with Crippen LogP contribution in [0.4, 0.5) is 0 Å². The van der Waals surface area contributed by atoms with E-state index in [1.807, 2.05) is 0 Å². The monoisotopic (exact) mass is 236 g/mol. The van der Waals surface area contributed by atoms with Crippen LogP contribution in [0.25, 0.3) is 0 Å². The molecule has 0 aromatic heterocycles. The Balaban J connectivity index is 3.10. The smallest absolute Gasteiger partial charge is 0.249 e. The molecule has 0 saturated carbocycles. The average Bonchev–Trinajstić information content (AvgIpc) is 2.49. The molecular weight excluding hydrogens is 224 g/mol. The van der Waals surface area contributed by atoms with Gasteiger partial charge in [0.15, 0.2) is 5.25 Å². The van der Waals surface area contributed by atoms with Crippen LogP contribution in [-0.2, 0) is 19.8 Å². The van der Waals surface area contributed by atoms with Crippen LogP contribution >= 0.6 is 0 Å². The van der Waals surface area contributed by atoms with Crippen molar-refractivity contribution in [2.75, 3.05) is 11.5 Å². The Morgan fingerprint density at radius 2 is 1.93 bits per heavy atom. The zero-order valence-corrected chi connectivity index (χ0v) is 9.47. The van der Waals surface area contributed by atoms with Gasteiger partial charge in [-0.1, -0.05) is 0 Å². The molecule has 1 saturated heterocycles. The van der Waals surface area contributed by atoms with Crippen molar-refractivity contribution in [3.63, 3.8) is 0 Å². The predicted octanol–water partition coefficient (Wildman–Crippen LogP) is 0.490. The molecule has 1 aliphatic rings. The number of rotatable bonds is 2. The molecule has 1 aliphatic heterocycles. The number of sulfonamides is 1. The van der Waals surface area contributed by atoms with Gasteiger partial charge in [-0.25, -0.2) is 12.6 Å². The van der Waals surface area contributed by atoms with Gasteiger partial charge in [-0.2, -0.15) is 5.26 Å². The van der Waals surface area contributed by atoms with Gasteiger partial charge in [0.25, 0.3) is 10.0 Å². The van der Waals surface area contributed by atoms with Crippen molar-refractivity contribution in [1.82, 2.24) is 0 Å². The van der Waals surface area contributed by atoms with E-state index in [1.165, 1.54) is 6.92 Å². The van der Waals surface area contributed by atoms with Crippen LogP contribution in [0.15, 0.2) is 3.77 Å². The molecular formula is C7H12N2O3S2. The first-order valence-corrected chi connectivity index (χ1v) is 7.62. The van der Waals surface area contributed by atoms with Gasteiger partial charge in [0, 0.05) is 11.5 Å². The van der Waals surface area contributed by atoms with E-state index in [4.69, 9.17) is 5.26 Å². The molecule has 0 bridgehead atoms. The molecule has 1 unspecified atom stereocenters. The Hall–Kier alpha value is -0.610. The van der Waals surface area contributed by atoms with Gasteiger partial charge in [0.2, 0.25) is 0 Å². The normalized spacial score (nSPS) is 22.6. The topological polar surface area (TPSA) is 87.4 Å². The minimum atomic E-state index is -3.86. The van der Waals surface area contributed by atoms with Gasteiger partial charge in [-0.15, -0.1) is 3.77 Å². The third kappa shape index (κ3) is 2.45. The fourth-order valence-electron chi connectivity index (χ4n) is 1.15. The number of nitriles is 1. The number of hydrogen-bond donors (Lipinski definition) is 0. The molecule has 0 amide bonds. The van der Waals surface area contributed by atoms with Gasteiger partial charge in [0.05, 0.1) is 15.8 Å². The summed E-state index contributed by atoms with van der Waals surface area (Å²) >= 11 is 0. The van der Waals surface area contributed by atoms with E-state index in [9.17, 15) is 12.6 Å². The number of hydrogen-bond acceptors (Lipinski definition) is 4. The van der Waals surface area contributed by atoms with Crippen LogP contribution in [0.5, 0.6) is 0 Å². The van der Waals surface area contributed by atoms with E-state index < -0.39 is 25.0 Å². The highest BCUT2D eigenvalue weighted by Gasteiger charge is 2.25. The van der Waals surface area contributed by atoms with Crippen molar-refractivity contribution in [3.05, 3.63) is 0 Å². The summed E-state index contributed by atoms with van der Waals surface area (Å²) < 4.78 is 37.9. The second-order valence-corrected chi connectivity index (χ2v) is 7.94. The zero-order chi connectivity index (χ0) is 10.8. The Morgan fingerprint density at radius 3 is 2.36 bits per heavy atom. The molecule has 1 rings (SSSR count). The van der Waals surface area contributed by atoms with E-state index in [2.05, 4.69) is 3.77 Å².